The molecule has 9 atom stereocenters. The molecule has 5 saturated carbocycles. The van der Waals surface area contributed by atoms with Crippen LogP contribution in [0.1, 0.15) is 143 Å². The summed E-state index contributed by atoms with van der Waals surface area (Å²) in [5.41, 5.74) is 0. The summed E-state index contributed by atoms with van der Waals surface area (Å²) in [4.78, 5) is 0. The zero-order valence-corrected chi connectivity index (χ0v) is 22.5. The van der Waals surface area contributed by atoms with Gasteiger partial charge in [-0.05, 0) is 97.7 Å². The molecule has 0 nitrogen and oxygen atoms in total. The van der Waals surface area contributed by atoms with Gasteiger partial charge >= 0.3 is 0 Å². The van der Waals surface area contributed by atoms with Gasteiger partial charge in [0.15, 0.2) is 0 Å². The Morgan fingerprint density at radius 2 is 1.28 bits per heavy atom. The third kappa shape index (κ3) is 5.62. The quantitative estimate of drug-likeness (QED) is 0.397. The molecule has 5 aliphatic rings. The van der Waals surface area contributed by atoms with E-state index in [9.17, 15) is 0 Å². The first kappa shape index (κ1) is 25.1. The van der Waals surface area contributed by atoms with E-state index in [4.69, 9.17) is 0 Å². The van der Waals surface area contributed by atoms with Crippen molar-refractivity contribution in [1.82, 2.24) is 0 Å². The lowest BCUT2D eigenvalue weighted by Gasteiger charge is -2.47. The third-order valence-corrected chi connectivity index (χ3v) is 11.8. The average molecular weight is 443 g/mol. The first-order valence-electron chi connectivity index (χ1n) is 15.6. The monoisotopic (exact) mass is 442 g/mol. The van der Waals surface area contributed by atoms with Crippen molar-refractivity contribution < 1.29 is 0 Å². The third-order valence-electron chi connectivity index (χ3n) is 11.8. The van der Waals surface area contributed by atoms with Crippen LogP contribution in [0.3, 0.4) is 0 Å². The summed E-state index contributed by atoms with van der Waals surface area (Å²) in [6.07, 6.45) is 27.5. The van der Waals surface area contributed by atoms with E-state index in [0.29, 0.717) is 0 Å². The highest BCUT2D eigenvalue weighted by molar-refractivity contribution is 4.97. The van der Waals surface area contributed by atoms with E-state index in [2.05, 4.69) is 27.7 Å². The molecule has 0 amide bonds. The second-order valence-corrected chi connectivity index (χ2v) is 13.3. The van der Waals surface area contributed by atoms with Crippen LogP contribution < -0.4 is 0 Å². The molecule has 0 aromatic rings. The molecule has 0 heteroatoms. The van der Waals surface area contributed by atoms with Gasteiger partial charge in [-0.1, -0.05) is 105 Å². The maximum absolute atomic E-state index is 2.59. The highest BCUT2D eigenvalue weighted by atomic mass is 14.5. The van der Waals surface area contributed by atoms with Crippen molar-refractivity contribution in [3.63, 3.8) is 0 Å². The van der Waals surface area contributed by atoms with Crippen molar-refractivity contribution >= 4 is 0 Å². The standard InChI is InChI=1S/C19H34.C13H24/c1-3-4-11-17-14(2)13-16-10-7-12-18(16)19(17)15-8-5-6-9-15;1-3-11-8-9-12-6-4-5-7-13(12)10(11)2/h14-19H,3-13H2,1-2H3;10-13H,3-9H2,1-2H3. The Balaban J connectivity index is 0.000000165. The van der Waals surface area contributed by atoms with Crippen LogP contribution in [0, 0.1) is 59.2 Å². The zero-order chi connectivity index (χ0) is 22.5. The molecule has 5 rings (SSSR count). The molecule has 9 unspecified atom stereocenters. The lowest BCUT2D eigenvalue weighted by Crippen LogP contribution is -2.40. The van der Waals surface area contributed by atoms with Crippen molar-refractivity contribution in [2.45, 2.75) is 143 Å². The molecule has 186 valence electrons. The Bertz CT molecular complexity index is 530. The van der Waals surface area contributed by atoms with Gasteiger partial charge in [0.2, 0.25) is 0 Å². The van der Waals surface area contributed by atoms with Crippen molar-refractivity contribution in [2.24, 2.45) is 59.2 Å². The van der Waals surface area contributed by atoms with Gasteiger partial charge < -0.3 is 0 Å². The summed E-state index contributed by atoms with van der Waals surface area (Å²) >= 11 is 0. The van der Waals surface area contributed by atoms with Crippen LogP contribution in [0.4, 0.5) is 0 Å². The van der Waals surface area contributed by atoms with Crippen LogP contribution in [0.25, 0.3) is 0 Å². The van der Waals surface area contributed by atoms with E-state index in [-0.39, 0.29) is 0 Å². The van der Waals surface area contributed by atoms with Gasteiger partial charge in [-0.2, -0.15) is 0 Å². The van der Waals surface area contributed by atoms with E-state index in [0.717, 1.165) is 59.2 Å². The minimum atomic E-state index is 1.02. The molecule has 0 spiro atoms. The average Bonchev–Trinajstić information content (AvgIpc) is 3.50. The van der Waals surface area contributed by atoms with E-state index in [1.807, 2.05) is 0 Å². The first-order chi connectivity index (χ1) is 15.6. The molecule has 0 aliphatic heterocycles. The van der Waals surface area contributed by atoms with E-state index in [1.165, 1.54) is 51.4 Å². The second-order valence-electron chi connectivity index (χ2n) is 13.3. The van der Waals surface area contributed by atoms with Crippen molar-refractivity contribution in [3.05, 3.63) is 0 Å². The molecule has 0 N–H and O–H groups in total. The number of hydrogen-bond donors (Lipinski definition) is 0. The Kier molecular flexibility index (Phi) is 9.50. The van der Waals surface area contributed by atoms with Crippen LogP contribution in [0.2, 0.25) is 0 Å². The smallest absolute Gasteiger partial charge is 0.0324 e. The van der Waals surface area contributed by atoms with Gasteiger partial charge in [0.05, 0.1) is 0 Å². The molecule has 5 aliphatic carbocycles. The number of fused-ring (bicyclic) bond motifs is 2. The number of unbranched alkanes of at least 4 members (excludes halogenated alkanes) is 1. The molecule has 0 aromatic heterocycles. The lowest BCUT2D eigenvalue weighted by molar-refractivity contribution is 0.0160. The Morgan fingerprint density at radius 3 is 2.00 bits per heavy atom. The summed E-state index contributed by atoms with van der Waals surface area (Å²) in [5, 5.41) is 0. The fourth-order valence-electron chi connectivity index (χ4n) is 10.1. The van der Waals surface area contributed by atoms with Crippen molar-refractivity contribution in [3.8, 4) is 0 Å². The normalized spacial score (nSPS) is 44.4. The van der Waals surface area contributed by atoms with Crippen LogP contribution in [0.15, 0.2) is 0 Å². The summed E-state index contributed by atoms with van der Waals surface area (Å²) in [7, 11) is 0. The topological polar surface area (TPSA) is 0 Å². The van der Waals surface area contributed by atoms with Gasteiger partial charge in [0.25, 0.3) is 0 Å². The summed E-state index contributed by atoms with van der Waals surface area (Å²) in [5.74, 6) is 10.9. The van der Waals surface area contributed by atoms with Crippen LogP contribution in [-0.2, 0) is 0 Å². The van der Waals surface area contributed by atoms with E-state index in [1.54, 1.807) is 64.2 Å². The molecule has 0 heterocycles. The molecular weight excluding hydrogens is 384 g/mol. The fourth-order valence-corrected chi connectivity index (χ4v) is 10.1. The van der Waals surface area contributed by atoms with Crippen LogP contribution in [0.5, 0.6) is 0 Å². The second kappa shape index (κ2) is 12.1. The van der Waals surface area contributed by atoms with Gasteiger partial charge in [0.1, 0.15) is 0 Å². The Morgan fingerprint density at radius 1 is 0.625 bits per heavy atom. The predicted molar refractivity (Wildman–Crippen MR) is 141 cm³/mol. The Labute approximate surface area is 202 Å². The Hall–Kier alpha value is 0. The lowest BCUT2D eigenvalue weighted by atomic mass is 9.58. The maximum atomic E-state index is 2.59. The molecule has 0 radical (unpaired) electrons. The van der Waals surface area contributed by atoms with E-state index >= 15 is 0 Å². The first-order valence-corrected chi connectivity index (χ1v) is 15.6. The fraction of sp³-hybridized carbons (Fsp3) is 1.00. The van der Waals surface area contributed by atoms with Gasteiger partial charge in [-0.15, -0.1) is 0 Å². The van der Waals surface area contributed by atoms with Crippen molar-refractivity contribution in [1.29, 1.82) is 0 Å². The van der Waals surface area contributed by atoms with Gasteiger partial charge in [-0.3, -0.25) is 0 Å². The highest BCUT2D eigenvalue weighted by Gasteiger charge is 2.47. The molecule has 0 saturated heterocycles. The van der Waals surface area contributed by atoms with Crippen LogP contribution >= 0.6 is 0 Å². The summed E-state index contributed by atoms with van der Waals surface area (Å²) in [6, 6.07) is 0. The maximum Gasteiger partial charge on any atom is -0.0324 e. The minimum absolute atomic E-state index is 1.02. The SMILES string of the molecule is CCC1CCC2CCCCC2C1C.CCCCC1C(C)CC2CCCC2C1C1CCCC1. The largest absolute Gasteiger partial charge is 0.0654 e. The molecular formula is C32H58. The van der Waals surface area contributed by atoms with Crippen molar-refractivity contribution in [2.75, 3.05) is 0 Å². The predicted octanol–water partition coefficient (Wildman–Crippen LogP) is 10.3. The molecule has 0 bridgehead atoms. The molecule has 5 fully saturated rings. The van der Waals surface area contributed by atoms with Gasteiger partial charge in [-0.25, -0.2) is 0 Å². The zero-order valence-electron chi connectivity index (χ0n) is 22.5. The molecule has 0 aromatic carbocycles. The number of hydrogen-bond acceptors (Lipinski definition) is 0. The summed E-state index contributed by atoms with van der Waals surface area (Å²) < 4.78 is 0. The van der Waals surface area contributed by atoms with Gasteiger partial charge in [0, 0.05) is 0 Å². The minimum Gasteiger partial charge on any atom is -0.0654 e. The van der Waals surface area contributed by atoms with E-state index < -0.39 is 0 Å². The highest BCUT2D eigenvalue weighted by Crippen LogP contribution is 2.56. The number of rotatable bonds is 5. The molecule has 32 heavy (non-hydrogen) atoms. The summed E-state index contributed by atoms with van der Waals surface area (Å²) in [6.45, 7) is 9.87. The van der Waals surface area contributed by atoms with Crippen LogP contribution in [-0.4, -0.2) is 0 Å².